The van der Waals surface area contributed by atoms with Crippen molar-refractivity contribution in [3.05, 3.63) is 36.3 Å². The summed E-state index contributed by atoms with van der Waals surface area (Å²) < 4.78 is 13.7. The highest BCUT2D eigenvalue weighted by molar-refractivity contribution is 5.91. The zero-order valence-corrected chi connectivity index (χ0v) is 12.2. The lowest BCUT2D eigenvalue weighted by atomic mass is 9.97. The lowest BCUT2D eigenvalue weighted by Gasteiger charge is -2.29. The summed E-state index contributed by atoms with van der Waals surface area (Å²) >= 11 is 0. The Morgan fingerprint density at radius 2 is 2.15 bits per heavy atom. The minimum absolute atomic E-state index is 0. The fourth-order valence-electron chi connectivity index (χ4n) is 2.75. The molecule has 3 nitrogen and oxygen atoms in total. The van der Waals surface area contributed by atoms with E-state index < -0.39 is 0 Å². The Morgan fingerprint density at radius 1 is 1.30 bits per heavy atom. The molecule has 2 aromatic rings. The lowest BCUT2D eigenvalue weighted by Crippen LogP contribution is -2.42. The molecule has 108 valence electrons. The molecule has 2 heterocycles. The van der Waals surface area contributed by atoms with E-state index in [1.54, 1.807) is 12.3 Å². The summed E-state index contributed by atoms with van der Waals surface area (Å²) in [7, 11) is 0. The Balaban J connectivity index is 0.00000147. The molecular weight excluding hydrogens is 277 g/mol. The zero-order chi connectivity index (χ0) is 13.2. The van der Waals surface area contributed by atoms with Gasteiger partial charge in [-0.25, -0.2) is 4.39 Å². The van der Waals surface area contributed by atoms with Crippen LogP contribution in [0.2, 0.25) is 0 Å². The van der Waals surface area contributed by atoms with E-state index in [0.29, 0.717) is 17.5 Å². The molecule has 0 saturated carbocycles. The van der Waals surface area contributed by atoms with Crippen LogP contribution in [0.5, 0.6) is 0 Å². The number of benzene rings is 1. The summed E-state index contributed by atoms with van der Waals surface area (Å²) in [6.07, 6.45) is 2.76. The largest absolute Gasteiger partial charge is 0.380 e. The molecule has 2 atom stereocenters. The molecule has 1 fully saturated rings. The molecule has 0 radical (unpaired) electrons. The molecule has 1 aliphatic rings. The van der Waals surface area contributed by atoms with Crippen LogP contribution in [-0.2, 0) is 0 Å². The molecule has 0 bridgehead atoms. The lowest BCUT2D eigenvalue weighted by molar-refractivity contribution is 0.378. The zero-order valence-electron chi connectivity index (χ0n) is 11.4. The van der Waals surface area contributed by atoms with Crippen molar-refractivity contribution in [1.29, 1.82) is 0 Å². The van der Waals surface area contributed by atoms with Gasteiger partial charge in [-0.3, -0.25) is 4.98 Å². The third-order valence-corrected chi connectivity index (χ3v) is 3.65. The number of aromatic nitrogens is 1. The van der Waals surface area contributed by atoms with Crippen LogP contribution in [0, 0.1) is 11.7 Å². The summed E-state index contributed by atoms with van der Waals surface area (Å²) in [6, 6.07) is 7.43. The van der Waals surface area contributed by atoms with Crippen molar-refractivity contribution in [2.24, 2.45) is 5.92 Å². The van der Waals surface area contributed by atoms with E-state index in [9.17, 15) is 4.39 Å². The molecule has 1 saturated heterocycles. The topological polar surface area (TPSA) is 37.0 Å². The number of piperidine rings is 1. The number of nitrogens with one attached hydrogen (secondary N) is 2. The van der Waals surface area contributed by atoms with Gasteiger partial charge in [-0.2, -0.15) is 0 Å². The predicted octanol–water partition coefficient (Wildman–Crippen LogP) is 3.21. The molecule has 3 rings (SSSR count). The van der Waals surface area contributed by atoms with Crippen molar-refractivity contribution in [3.8, 4) is 0 Å². The molecular formula is C15H19ClFN3. The molecule has 5 heteroatoms. The molecule has 0 spiro atoms. The standard InChI is InChI=1S/C15H18FN3.ClH/c1-10-7-11(9-17-8-10)19-14-5-4-13(16)15-12(14)3-2-6-18-15;/h2-6,10-11,17,19H,7-9H2,1H3;1H/t10-,11+;/m0./s1. The summed E-state index contributed by atoms with van der Waals surface area (Å²) in [5.74, 6) is 0.396. The van der Waals surface area contributed by atoms with Crippen LogP contribution in [0.25, 0.3) is 10.9 Å². The van der Waals surface area contributed by atoms with Gasteiger partial charge in [0.25, 0.3) is 0 Å². The Hall–Kier alpha value is -1.39. The van der Waals surface area contributed by atoms with E-state index in [1.165, 1.54) is 6.07 Å². The van der Waals surface area contributed by atoms with Gasteiger partial charge in [0.05, 0.1) is 0 Å². The third kappa shape index (κ3) is 3.02. The number of nitrogens with zero attached hydrogens (tertiary/aromatic N) is 1. The van der Waals surface area contributed by atoms with E-state index in [-0.39, 0.29) is 18.2 Å². The van der Waals surface area contributed by atoms with Crippen molar-refractivity contribution in [2.45, 2.75) is 19.4 Å². The minimum atomic E-state index is -0.267. The number of rotatable bonds is 2. The van der Waals surface area contributed by atoms with Crippen molar-refractivity contribution in [2.75, 3.05) is 18.4 Å². The predicted molar refractivity (Wildman–Crippen MR) is 83.0 cm³/mol. The monoisotopic (exact) mass is 295 g/mol. The second-order valence-electron chi connectivity index (χ2n) is 5.33. The van der Waals surface area contributed by atoms with Gasteiger partial charge >= 0.3 is 0 Å². The molecule has 0 amide bonds. The van der Waals surface area contributed by atoms with Crippen molar-refractivity contribution < 1.29 is 4.39 Å². The highest BCUT2D eigenvalue weighted by atomic mass is 35.5. The normalized spacial score (nSPS) is 22.3. The number of pyridine rings is 1. The fourth-order valence-corrected chi connectivity index (χ4v) is 2.75. The van der Waals surface area contributed by atoms with Crippen LogP contribution >= 0.6 is 12.4 Å². The first-order valence-electron chi connectivity index (χ1n) is 6.74. The summed E-state index contributed by atoms with van der Waals surface area (Å²) in [5, 5.41) is 7.77. The number of hydrogen-bond acceptors (Lipinski definition) is 3. The first-order chi connectivity index (χ1) is 9.24. The van der Waals surface area contributed by atoms with Crippen LogP contribution in [0.4, 0.5) is 10.1 Å². The highest BCUT2D eigenvalue weighted by Gasteiger charge is 2.19. The molecule has 20 heavy (non-hydrogen) atoms. The Labute approximate surface area is 124 Å². The number of halogens is 2. The van der Waals surface area contributed by atoms with Gasteiger partial charge < -0.3 is 10.6 Å². The van der Waals surface area contributed by atoms with E-state index in [1.807, 2.05) is 12.1 Å². The SMILES string of the molecule is C[C@@H]1CNC[C@H](Nc2ccc(F)c3ncccc23)C1.Cl. The average molecular weight is 296 g/mol. The molecule has 1 aromatic carbocycles. The summed E-state index contributed by atoms with van der Waals surface area (Å²) in [6.45, 7) is 4.26. The van der Waals surface area contributed by atoms with Crippen molar-refractivity contribution in [1.82, 2.24) is 10.3 Å². The summed E-state index contributed by atoms with van der Waals surface area (Å²) in [4.78, 5) is 4.12. The smallest absolute Gasteiger partial charge is 0.149 e. The maximum Gasteiger partial charge on any atom is 0.149 e. The second kappa shape index (κ2) is 6.37. The molecule has 1 aliphatic heterocycles. The van der Waals surface area contributed by atoms with E-state index in [0.717, 1.165) is 30.6 Å². The maximum atomic E-state index is 13.7. The first kappa shape index (κ1) is 15.0. The van der Waals surface area contributed by atoms with Crippen molar-refractivity contribution in [3.63, 3.8) is 0 Å². The number of anilines is 1. The van der Waals surface area contributed by atoms with E-state index in [4.69, 9.17) is 0 Å². The fraction of sp³-hybridized carbons (Fsp3) is 0.400. The van der Waals surface area contributed by atoms with Crippen LogP contribution in [-0.4, -0.2) is 24.1 Å². The Kier molecular flexibility index (Phi) is 4.78. The van der Waals surface area contributed by atoms with Gasteiger partial charge in [0.2, 0.25) is 0 Å². The van der Waals surface area contributed by atoms with Crippen LogP contribution < -0.4 is 10.6 Å². The quantitative estimate of drug-likeness (QED) is 0.893. The highest BCUT2D eigenvalue weighted by Crippen LogP contribution is 2.26. The molecule has 1 aromatic heterocycles. The summed E-state index contributed by atoms with van der Waals surface area (Å²) in [5.41, 5.74) is 1.40. The van der Waals surface area contributed by atoms with Crippen LogP contribution in [0.15, 0.2) is 30.5 Å². The number of fused-ring (bicyclic) bond motifs is 1. The molecule has 0 aliphatic carbocycles. The van der Waals surface area contributed by atoms with E-state index >= 15 is 0 Å². The van der Waals surface area contributed by atoms with Gasteiger partial charge in [-0.1, -0.05) is 6.92 Å². The van der Waals surface area contributed by atoms with Crippen LogP contribution in [0.3, 0.4) is 0 Å². The van der Waals surface area contributed by atoms with Gasteiger partial charge in [-0.15, -0.1) is 12.4 Å². The minimum Gasteiger partial charge on any atom is -0.380 e. The van der Waals surface area contributed by atoms with E-state index in [2.05, 4.69) is 22.5 Å². The average Bonchev–Trinajstić information content (AvgIpc) is 2.42. The number of hydrogen-bond donors (Lipinski definition) is 2. The molecule has 0 unspecified atom stereocenters. The van der Waals surface area contributed by atoms with Gasteiger partial charge in [0.1, 0.15) is 11.3 Å². The second-order valence-corrected chi connectivity index (χ2v) is 5.33. The maximum absolute atomic E-state index is 13.7. The first-order valence-corrected chi connectivity index (χ1v) is 6.74. The van der Waals surface area contributed by atoms with Crippen LogP contribution in [0.1, 0.15) is 13.3 Å². The van der Waals surface area contributed by atoms with Gasteiger partial charge in [0, 0.05) is 29.9 Å². The Morgan fingerprint density at radius 3 is 2.95 bits per heavy atom. The molecule has 2 N–H and O–H groups in total. The third-order valence-electron chi connectivity index (χ3n) is 3.65. The Bertz CT molecular complexity index is 590. The van der Waals surface area contributed by atoms with Gasteiger partial charge in [0.15, 0.2) is 0 Å². The van der Waals surface area contributed by atoms with Gasteiger partial charge in [-0.05, 0) is 43.1 Å². The van der Waals surface area contributed by atoms with Crippen molar-refractivity contribution >= 4 is 29.0 Å².